The standard InChI is InChI=1S/2C10H12O2.Zn/c2*1-7(2)8-5-3-4-6-9(8)10(11)12;/h2*3-7H,1-2H3,(H,11,12);/q;;+2/p-2. The first-order valence-electron chi connectivity index (χ1n) is 7.86. The molecule has 0 aliphatic rings. The Hall–Kier alpha value is -2.00. The van der Waals surface area contributed by atoms with Crippen molar-refractivity contribution < 1.29 is 39.3 Å². The molecule has 128 valence electrons. The van der Waals surface area contributed by atoms with Crippen molar-refractivity contribution in [2.45, 2.75) is 39.5 Å². The zero-order valence-electron chi connectivity index (χ0n) is 15.1. The second-order valence-corrected chi connectivity index (χ2v) is 6.06. The van der Waals surface area contributed by atoms with E-state index in [4.69, 9.17) is 0 Å². The molecule has 0 spiro atoms. The molecule has 0 fully saturated rings. The van der Waals surface area contributed by atoms with E-state index >= 15 is 0 Å². The van der Waals surface area contributed by atoms with E-state index in [9.17, 15) is 19.8 Å². The van der Waals surface area contributed by atoms with Gasteiger partial charge in [-0.3, -0.25) is 0 Å². The molecule has 4 nitrogen and oxygen atoms in total. The Labute approximate surface area is 161 Å². The molecule has 2 aromatic rings. The molecule has 0 saturated carbocycles. The third-order valence-corrected chi connectivity index (χ3v) is 3.61. The molecule has 0 bridgehead atoms. The molecule has 0 aromatic heterocycles. The van der Waals surface area contributed by atoms with Crippen LogP contribution < -0.4 is 10.2 Å². The van der Waals surface area contributed by atoms with Crippen LogP contribution in [0.5, 0.6) is 0 Å². The van der Waals surface area contributed by atoms with Crippen molar-refractivity contribution in [1.82, 2.24) is 0 Å². The summed E-state index contributed by atoms with van der Waals surface area (Å²) in [5, 5.41) is 21.2. The minimum atomic E-state index is -1.10. The van der Waals surface area contributed by atoms with Gasteiger partial charge in [-0.25, -0.2) is 0 Å². The third-order valence-electron chi connectivity index (χ3n) is 3.61. The molecule has 0 unspecified atom stereocenters. The molecule has 0 N–H and O–H groups in total. The first kappa shape index (κ1) is 23.0. The maximum Gasteiger partial charge on any atom is 2.00 e. The van der Waals surface area contributed by atoms with Crippen LogP contribution in [0.3, 0.4) is 0 Å². The van der Waals surface area contributed by atoms with Crippen LogP contribution in [0.15, 0.2) is 48.5 Å². The molecule has 2 rings (SSSR count). The van der Waals surface area contributed by atoms with Crippen molar-refractivity contribution in [3.05, 3.63) is 70.8 Å². The SMILES string of the molecule is CC(C)c1ccccc1C(=O)[O-].CC(C)c1ccccc1C(=O)[O-].[Zn+2]. The zero-order chi connectivity index (χ0) is 18.3. The van der Waals surface area contributed by atoms with Crippen molar-refractivity contribution in [1.29, 1.82) is 0 Å². The number of hydrogen-bond donors (Lipinski definition) is 0. The topological polar surface area (TPSA) is 80.3 Å². The van der Waals surface area contributed by atoms with Gasteiger partial charge in [-0.05, 0) is 23.0 Å². The average Bonchev–Trinajstić information content (AvgIpc) is 2.55. The van der Waals surface area contributed by atoms with Gasteiger partial charge in [0, 0.05) is 11.1 Å². The van der Waals surface area contributed by atoms with Gasteiger partial charge in [0.25, 0.3) is 0 Å². The van der Waals surface area contributed by atoms with Crippen LogP contribution in [0.4, 0.5) is 0 Å². The molecule has 0 heterocycles. The van der Waals surface area contributed by atoms with Crippen LogP contribution in [0.1, 0.15) is 71.4 Å². The van der Waals surface area contributed by atoms with Crippen molar-refractivity contribution >= 4 is 11.9 Å². The monoisotopic (exact) mass is 390 g/mol. The maximum absolute atomic E-state index is 10.6. The van der Waals surface area contributed by atoms with Crippen LogP contribution in [0, 0.1) is 0 Å². The van der Waals surface area contributed by atoms with Gasteiger partial charge in [0.05, 0.1) is 11.9 Å². The van der Waals surface area contributed by atoms with Gasteiger partial charge < -0.3 is 19.8 Å². The van der Waals surface area contributed by atoms with E-state index < -0.39 is 11.9 Å². The van der Waals surface area contributed by atoms with E-state index in [0.717, 1.165) is 11.1 Å². The molecule has 0 amide bonds. The first-order valence-corrected chi connectivity index (χ1v) is 7.86. The molecule has 0 saturated heterocycles. The molecule has 0 atom stereocenters. The summed E-state index contributed by atoms with van der Waals surface area (Å²) in [6, 6.07) is 13.9. The Morgan fingerprint density at radius 1 is 0.680 bits per heavy atom. The molecule has 2 aromatic carbocycles. The molecule has 0 aliphatic heterocycles. The van der Waals surface area contributed by atoms with Crippen LogP contribution in [-0.4, -0.2) is 11.9 Å². The van der Waals surface area contributed by atoms with Crippen molar-refractivity contribution in [2.24, 2.45) is 0 Å². The number of carbonyl (C=O) groups is 2. The maximum atomic E-state index is 10.6. The van der Waals surface area contributed by atoms with Gasteiger partial charge in [0.2, 0.25) is 0 Å². The van der Waals surface area contributed by atoms with Gasteiger partial charge in [-0.15, -0.1) is 0 Å². The van der Waals surface area contributed by atoms with Crippen LogP contribution in [0.2, 0.25) is 0 Å². The van der Waals surface area contributed by atoms with E-state index in [1.165, 1.54) is 0 Å². The normalized spacial score (nSPS) is 9.84. The van der Waals surface area contributed by atoms with Crippen molar-refractivity contribution in [3.8, 4) is 0 Å². The largest absolute Gasteiger partial charge is 2.00 e. The van der Waals surface area contributed by atoms with E-state index in [2.05, 4.69) is 0 Å². The van der Waals surface area contributed by atoms with E-state index in [0.29, 0.717) is 11.1 Å². The summed E-state index contributed by atoms with van der Waals surface area (Å²) in [5.41, 5.74) is 2.26. The number of carboxylic acid groups (broad SMARTS) is 2. The zero-order valence-corrected chi connectivity index (χ0v) is 18.1. The number of rotatable bonds is 4. The fourth-order valence-corrected chi connectivity index (χ4v) is 2.37. The Morgan fingerprint density at radius 2 is 0.960 bits per heavy atom. The predicted molar refractivity (Wildman–Crippen MR) is 89.7 cm³/mol. The van der Waals surface area contributed by atoms with Crippen LogP contribution >= 0.6 is 0 Å². The van der Waals surface area contributed by atoms with Gasteiger partial charge in [-0.2, -0.15) is 0 Å². The van der Waals surface area contributed by atoms with Crippen molar-refractivity contribution in [3.63, 3.8) is 0 Å². The minimum Gasteiger partial charge on any atom is -0.545 e. The first-order chi connectivity index (χ1) is 11.3. The number of benzene rings is 2. The molecular formula is C20H22O4Zn. The summed E-state index contributed by atoms with van der Waals surface area (Å²) < 4.78 is 0. The van der Waals surface area contributed by atoms with E-state index in [1.807, 2.05) is 52.0 Å². The van der Waals surface area contributed by atoms with E-state index in [1.54, 1.807) is 24.3 Å². The molecular weight excluding hydrogens is 370 g/mol. The minimum absolute atomic E-state index is 0. The Kier molecular flexibility index (Phi) is 9.92. The van der Waals surface area contributed by atoms with E-state index in [-0.39, 0.29) is 31.3 Å². The van der Waals surface area contributed by atoms with Gasteiger partial charge in [0.1, 0.15) is 0 Å². The molecule has 0 radical (unpaired) electrons. The van der Waals surface area contributed by atoms with Crippen LogP contribution in [-0.2, 0) is 19.5 Å². The summed E-state index contributed by atoms with van der Waals surface area (Å²) in [5.74, 6) is -1.75. The number of carbonyl (C=O) groups excluding carboxylic acids is 2. The van der Waals surface area contributed by atoms with Gasteiger partial charge >= 0.3 is 19.5 Å². The summed E-state index contributed by atoms with van der Waals surface area (Å²) in [6.45, 7) is 7.84. The number of carboxylic acids is 2. The fourth-order valence-electron chi connectivity index (χ4n) is 2.37. The Morgan fingerprint density at radius 3 is 1.16 bits per heavy atom. The summed E-state index contributed by atoms with van der Waals surface area (Å²) in [4.78, 5) is 21.2. The van der Waals surface area contributed by atoms with Gasteiger partial charge in [-0.1, -0.05) is 76.2 Å². The second kappa shape index (κ2) is 10.8. The Balaban J connectivity index is 0.000000443. The Bertz CT molecular complexity index is 647. The fraction of sp³-hybridized carbons (Fsp3) is 0.300. The van der Waals surface area contributed by atoms with Gasteiger partial charge in [0.15, 0.2) is 0 Å². The molecule has 0 aliphatic carbocycles. The smallest absolute Gasteiger partial charge is 0.545 e. The molecule has 25 heavy (non-hydrogen) atoms. The molecule has 5 heteroatoms. The number of hydrogen-bond acceptors (Lipinski definition) is 4. The summed E-state index contributed by atoms with van der Waals surface area (Å²) in [7, 11) is 0. The summed E-state index contributed by atoms with van der Waals surface area (Å²) in [6.07, 6.45) is 0. The van der Waals surface area contributed by atoms with Crippen LogP contribution in [0.25, 0.3) is 0 Å². The number of aromatic carboxylic acids is 2. The summed E-state index contributed by atoms with van der Waals surface area (Å²) >= 11 is 0. The quantitative estimate of drug-likeness (QED) is 0.749. The average molecular weight is 392 g/mol. The predicted octanol–water partition coefficient (Wildman–Crippen LogP) is 2.34. The third kappa shape index (κ3) is 6.79. The van der Waals surface area contributed by atoms with Crippen molar-refractivity contribution in [2.75, 3.05) is 0 Å². The second-order valence-electron chi connectivity index (χ2n) is 6.06.